The molecule has 1 atom stereocenters. The average molecular weight is 200 g/mol. The molecule has 5 nitrogen and oxygen atoms in total. The van der Waals surface area contributed by atoms with Gasteiger partial charge in [-0.2, -0.15) is 0 Å². The molecule has 5 heteroatoms. The van der Waals surface area contributed by atoms with Gasteiger partial charge in [0, 0.05) is 13.1 Å². The van der Waals surface area contributed by atoms with Crippen molar-refractivity contribution in [3.8, 4) is 0 Å². The second kappa shape index (κ2) is 4.41. The maximum absolute atomic E-state index is 11.5. The lowest BCUT2D eigenvalue weighted by molar-refractivity contribution is -0.153. The molecule has 0 unspecified atom stereocenters. The summed E-state index contributed by atoms with van der Waals surface area (Å²) in [5.74, 6) is -1.35. The van der Waals surface area contributed by atoms with Gasteiger partial charge in [-0.25, -0.2) is 0 Å². The third kappa shape index (κ3) is 2.23. The number of nitrogens with zero attached hydrogens (tertiary/aromatic N) is 1. The van der Waals surface area contributed by atoms with E-state index in [4.69, 9.17) is 10.8 Å². The van der Waals surface area contributed by atoms with Gasteiger partial charge in [0.1, 0.15) is 0 Å². The molecule has 1 heterocycles. The van der Waals surface area contributed by atoms with Gasteiger partial charge in [0.15, 0.2) is 0 Å². The fraction of sp³-hybridized carbons (Fsp3) is 0.778. The number of carbonyl (C=O) groups excluding carboxylic acids is 1. The molecule has 0 radical (unpaired) electrons. The highest BCUT2D eigenvalue weighted by Gasteiger charge is 2.36. The molecule has 0 saturated carbocycles. The van der Waals surface area contributed by atoms with Crippen LogP contribution in [0, 0.1) is 5.92 Å². The van der Waals surface area contributed by atoms with Crippen molar-refractivity contribution < 1.29 is 14.7 Å². The van der Waals surface area contributed by atoms with Crippen molar-refractivity contribution in [1.29, 1.82) is 0 Å². The molecule has 1 fully saturated rings. The largest absolute Gasteiger partial charge is 0.481 e. The Morgan fingerprint density at radius 2 is 2.14 bits per heavy atom. The molecule has 1 rings (SSSR count). The lowest BCUT2D eigenvalue weighted by atomic mass is 9.98. The van der Waals surface area contributed by atoms with Crippen molar-refractivity contribution in [2.45, 2.75) is 25.8 Å². The zero-order chi connectivity index (χ0) is 10.7. The maximum atomic E-state index is 11.5. The molecule has 1 aliphatic heterocycles. The zero-order valence-electron chi connectivity index (χ0n) is 8.27. The minimum atomic E-state index is -0.835. The number of aliphatic carboxylic acids is 1. The van der Waals surface area contributed by atoms with Crippen molar-refractivity contribution in [3.63, 3.8) is 0 Å². The summed E-state index contributed by atoms with van der Waals surface area (Å²) in [4.78, 5) is 23.5. The van der Waals surface area contributed by atoms with Crippen LogP contribution in [-0.4, -0.2) is 41.0 Å². The molecule has 0 aromatic heterocycles. The molecule has 1 amide bonds. The fourth-order valence-electron chi connectivity index (χ4n) is 1.48. The second-order valence-electron chi connectivity index (χ2n) is 3.67. The van der Waals surface area contributed by atoms with Gasteiger partial charge in [0.05, 0.1) is 12.0 Å². The van der Waals surface area contributed by atoms with Crippen LogP contribution in [0.1, 0.15) is 19.8 Å². The Hall–Kier alpha value is -1.10. The second-order valence-corrected chi connectivity index (χ2v) is 3.67. The number of carbonyl (C=O) groups is 2. The van der Waals surface area contributed by atoms with Crippen LogP contribution in [0.5, 0.6) is 0 Å². The predicted molar refractivity (Wildman–Crippen MR) is 50.6 cm³/mol. The summed E-state index contributed by atoms with van der Waals surface area (Å²) >= 11 is 0. The number of hydrogen-bond donors (Lipinski definition) is 2. The summed E-state index contributed by atoms with van der Waals surface area (Å²) in [5, 5.41) is 8.61. The van der Waals surface area contributed by atoms with Gasteiger partial charge in [-0.15, -0.1) is 0 Å². The van der Waals surface area contributed by atoms with Gasteiger partial charge in [0.2, 0.25) is 5.91 Å². The standard InChI is InChI=1S/C9H16N2O3/c1-2-3-7(10)8(12)11-4-6(5-11)9(13)14/h6-7H,2-5,10H2,1H3,(H,13,14)/t7-/m0/s1. The van der Waals surface area contributed by atoms with E-state index in [1.165, 1.54) is 4.90 Å². The van der Waals surface area contributed by atoms with Gasteiger partial charge >= 0.3 is 5.97 Å². The van der Waals surface area contributed by atoms with Crippen molar-refractivity contribution in [2.75, 3.05) is 13.1 Å². The van der Waals surface area contributed by atoms with E-state index in [1.54, 1.807) is 0 Å². The van der Waals surface area contributed by atoms with Gasteiger partial charge in [-0.3, -0.25) is 9.59 Å². The van der Waals surface area contributed by atoms with E-state index in [1.807, 2.05) is 6.92 Å². The van der Waals surface area contributed by atoms with Gasteiger partial charge in [0.25, 0.3) is 0 Å². The molecule has 80 valence electrons. The highest BCUT2D eigenvalue weighted by atomic mass is 16.4. The average Bonchev–Trinajstić information content (AvgIpc) is 2.00. The summed E-state index contributed by atoms with van der Waals surface area (Å²) < 4.78 is 0. The number of amides is 1. The summed E-state index contributed by atoms with van der Waals surface area (Å²) in [6.45, 7) is 2.58. The van der Waals surface area contributed by atoms with E-state index < -0.39 is 17.9 Å². The zero-order valence-corrected chi connectivity index (χ0v) is 8.27. The first-order valence-electron chi connectivity index (χ1n) is 4.83. The van der Waals surface area contributed by atoms with Crippen molar-refractivity contribution in [3.05, 3.63) is 0 Å². The molecule has 0 bridgehead atoms. The molecule has 1 saturated heterocycles. The third-order valence-electron chi connectivity index (χ3n) is 2.46. The molecule has 3 N–H and O–H groups in total. The SMILES string of the molecule is CCC[C@H](N)C(=O)N1CC(C(=O)O)C1. The van der Waals surface area contributed by atoms with Crippen LogP contribution in [0.4, 0.5) is 0 Å². The number of likely N-dealkylation sites (tertiary alicyclic amines) is 1. The minimum absolute atomic E-state index is 0.121. The van der Waals surface area contributed by atoms with Crippen LogP contribution in [-0.2, 0) is 9.59 Å². The molecule has 14 heavy (non-hydrogen) atoms. The minimum Gasteiger partial charge on any atom is -0.481 e. The van der Waals surface area contributed by atoms with Crippen molar-refractivity contribution in [1.82, 2.24) is 4.90 Å². The van der Waals surface area contributed by atoms with Crippen LogP contribution < -0.4 is 5.73 Å². The third-order valence-corrected chi connectivity index (χ3v) is 2.46. The van der Waals surface area contributed by atoms with Crippen LogP contribution >= 0.6 is 0 Å². The number of nitrogens with two attached hydrogens (primary N) is 1. The first kappa shape index (κ1) is 11.0. The predicted octanol–water partition coefficient (Wildman–Crippen LogP) is -0.343. The van der Waals surface area contributed by atoms with Gasteiger partial charge in [-0.05, 0) is 6.42 Å². The van der Waals surface area contributed by atoms with Crippen LogP contribution in [0.3, 0.4) is 0 Å². The van der Waals surface area contributed by atoms with Crippen LogP contribution in [0.25, 0.3) is 0 Å². The van der Waals surface area contributed by atoms with E-state index in [2.05, 4.69) is 0 Å². The topological polar surface area (TPSA) is 83.6 Å². The van der Waals surface area contributed by atoms with Crippen LogP contribution in [0.2, 0.25) is 0 Å². The quantitative estimate of drug-likeness (QED) is 0.650. The Morgan fingerprint density at radius 1 is 1.57 bits per heavy atom. The van der Waals surface area contributed by atoms with Crippen molar-refractivity contribution >= 4 is 11.9 Å². The van der Waals surface area contributed by atoms with Crippen molar-refractivity contribution in [2.24, 2.45) is 11.7 Å². The lowest BCUT2D eigenvalue weighted by Gasteiger charge is -2.38. The number of hydrogen-bond acceptors (Lipinski definition) is 3. The summed E-state index contributed by atoms with van der Waals surface area (Å²) in [5.41, 5.74) is 5.62. The Morgan fingerprint density at radius 3 is 2.57 bits per heavy atom. The lowest BCUT2D eigenvalue weighted by Crippen LogP contribution is -2.57. The normalized spacial score (nSPS) is 18.9. The van der Waals surface area contributed by atoms with E-state index in [0.717, 1.165) is 6.42 Å². The highest BCUT2D eigenvalue weighted by Crippen LogP contribution is 2.16. The molecular formula is C9H16N2O3. The molecule has 0 spiro atoms. The Balaban J connectivity index is 2.32. The summed E-state index contributed by atoms with van der Waals surface area (Å²) in [6.07, 6.45) is 1.52. The number of rotatable bonds is 4. The van der Waals surface area contributed by atoms with Gasteiger partial charge < -0.3 is 15.7 Å². The molecule has 1 aliphatic rings. The molecule has 0 aliphatic carbocycles. The maximum Gasteiger partial charge on any atom is 0.310 e. The number of carboxylic acid groups (broad SMARTS) is 1. The molecular weight excluding hydrogens is 184 g/mol. The van der Waals surface area contributed by atoms with E-state index >= 15 is 0 Å². The Labute approximate surface area is 82.9 Å². The summed E-state index contributed by atoms with van der Waals surface area (Å²) in [7, 11) is 0. The van der Waals surface area contributed by atoms with E-state index in [0.29, 0.717) is 19.5 Å². The summed E-state index contributed by atoms with van der Waals surface area (Å²) in [6, 6.07) is -0.463. The smallest absolute Gasteiger partial charge is 0.310 e. The fourth-order valence-corrected chi connectivity index (χ4v) is 1.48. The Kier molecular flexibility index (Phi) is 3.46. The number of carboxylic acids is 1. The van der Waals surface area contributed by atoms with Crippen LogP contribution in [0.15, 0.2) is 0 Å². The van der Waals surface area contributed by atoms with E-state index in [9.17, 15) is 9.59 Å². The monoisotopic (exact) mass is 200 g/mol. The van der Waals surface area contributed by atoms with Gasteiger partial charge in [-0.1, -0.05) is 13.3 Å². The molecule has 0 aromatic carbocycles. The highest BCUT2D eigenvalue weighted by molar-refractivity contribution is 5.84. The molecule has 0 aromatic rings. The first-order chi connectivity index (χ1) is 6.56. The first-order valence-corrected chi connectivity index (χ1v) is 4.83. The van der Waals surface area contributed by atoms with E-state index in [-0.39, 0.29) is 5.91 Å². The Bertz CT molecular complexity index is 236.